The van der Waals surface area contributed by atoms with E-state index in [1.165, 1.54) is 0 Å². The molecule has 0 saturated heterocycles. The van der Waals surface area contributed by atoms with Crippen LogP contribution in [0.25, 0.3) is 0 Å². The summed E-state index contributed by atoms with van der Waals surface area (Å²) < 4.78 is 4.95. The number of amides is 1. The molecule has 106 valence electrons. The summed E-state index contributed by atoms with van der Waals surface area (Å²) in [6.07, 6.45) is 1.63. The third-order valence-electron chi connectivity index (χ3n) is 2.39. The molecule has 0 unspecified atom stereocenters. The number of aromatic nitrogens is 1. The molecule has 0 fully saturated rings. The molecular formula is C12H20N4O3. The topological polar surface area (TPSA) is 86.7 Å². The molecule has 0 saturated carbocycles. The van der Waals surface area contributed by atoms with Gasteiger partial charge in [0.25, 0.3) is 5.91 Å². The van der Waals surface area contributed by atoms with E-state index in [-0.39, 0.29) is 19.1 Å². The molecular weight excluding hydrogens is 248 g/mol. The van der Waals surface area contributed by atoms with Crippen molar-refractivity contribution in [2.75, 3.05) is 45.4 Å². The zero-order chi connectivity index (χ0) is 13.9. The molecule has 1 heterocycles. The van der Waals surface area contributed by atoms with E-state index in [1.54, 1.807) is 30.3 Å². The molecule has 1 aromatic heterocycles. The molecule has 7 nitrogen and oxygen atoms in total. The average molecular weight is 268 g/mol. The third-order valence-corrected chi connectivity index (χ3v) is 2.39. The van der Waals surface area contributed by atoms with E-state index in [2.05, 4.69) is 15.8 Å². The molecule has 1 aromatic rings. The highest BCUT2D eigenvalue weighted by Crippen LogP contribution is 1.97. The Balaban J connectivity index is 2.31. The number of hydrazine groups is 1. The monoisotopic (exact) mass is 268 g/mol. The number of nitrogens with zero attached hydrogens (tertiary/aromatic N) is 2. The van der Waals surface area contributed by atoms with Crippen molar-refractivity contribution in [3.8, 4) is 0 Å². The Morgan fingerprint density at radius 1 is 1.47 bits per heavy atom. The number of aliphatic hydroxyl groups is 1. The maximum Gasteiger partial charge on any atom is 0.252 e. The van der Waals surface area contributed by atoms with E-state index in [1.807, 2.05) is 6.07 Å². The van der Waals surface area contributed by atoms with Gasteiger partial charge >= 0.3 is 0 Å². The highest BCUT2D eigenvalue weighted by Gasteiger charge is 2.09. The number of hydrogen-bond acceptors (Lipinski definition) is 6. The quantitative estimate of drug-likeness (QED) is 0.522. The normalized spacial score (nSPS) is 10.5. The van der Waals surface area contributed by atoms with Crippen LogP contribution in [0.15, 0.2) is 24.4 Å². The van der Waals surface area contributed by atoms with Crippen molar-refractivity contribution in [2.24, 2.45) is 0 Å². The van der Waals surface area contributed by atoms with Crippen LogP contribution >= 0.6 is 0 Å². The molecule has 7 heteroatoms. The van der Waals surface area contributed by atoms with E-state index in [0.717, 1.165) is 0 Å². The van der Waals surface area contributed by atoms with Gasteiger partial charge in [0, 0.05) is 26.4 Å². The minimum Gasteiger partial charge on any atom is -0.395 e. The lowest BCUT2D eigenvalue weighted by molar-refractivity contribution is -0.122. The summed E-state index contributed by atoms with van der Waals surface area (Å²) in [7, 11) is 1.60. The molecule has 0 spiro atoms. The molecule has 0 aromatic carbocycles. The lowest BCUT2D eigenvalue weighted by Crippen LogP contribution is -2.42. The lowest BCUT2D eigenvalue weighted by atomic mass is 10.4. The van der Waals surface area contributed by atoms with Gasteiger partial charge in [-0.25, -0.2) is 4.98 Å². The van der Waals surface area contributed by atoms with Crippen LogP contribution in [0.4, 0.5) is 5.82 Å². The van der Waals surface area contributed by atoms with Gasteiger partial charge < -0.3 is 9.84 Å². The predicted molar refractivity (Wildman–Crippen MR) is 71.4 cm³/mol. The lowest BCUT2D eigenvalue weighted by Gasteiger charge is -2.20. The Bertz CT molecular complexity index is 361. The van der Waals surface area contributed by atoms with Crippen molar-refractivity contribution < 1.29 is 14.6 Å². The molecule has 0 aliphatic rings. The Kier molecular flexibility index (Phi) is 7.48. The number of pyridine rings is 1. The van der Waals surface area contributed by atoms with Crippen molar-refractivity contribution in [3.63, 3.8) is 0 Å². The fourth-order valence-electron chi connectivity index (χ4n) is 1.44. The number of aliphatic hydroxyl groups excluding tert-OH is 1. The summed E-state index contributed by atoms with van der Waals surface area (Å²) in [5.41, 5.74) is 5.27. The molecule has 19 heavy (non-hydrogen) atoms. The number of carbonyl (C=O) groups is 1. The van der Waals surface area contributed by atoms with E-state index in [9.17, 15) is 4.79 Å². The SMILES string of the molecule is COCCN(CCO)CC(=O)NNc1ccccn1. The first-order valence-electron chi connectivity index (χ1n) is 6.04. The van der Waals surface area contributed by atoms with Crippen molar-refractivity contribution in [1.29, 1.82) is 0 Å². The number of ether oxygens (including phenoxy) is 1. The highest BCUT2D eigenvalue weighted by molar-refractivity contribution is 5.79. The summed E-state index contributed by atoms with van der Waals surface area (Å²) in [6, 6.07) is 5.36. The second kappa shape index (κ2) is 9.26. The van der Waals surface area contributed by atoms with Gasteiger partial charge in [-0.15, -0.1) is 0 Å². The number of rotatable bonds is 9. The Morgan fingerprint density at radius 3 is 2.95 bits per heavy atom. The molecule has 1 rings (SSSR count). The van der Waals surface area contributed by atoms with Crippen LogP contribution in [0.5, 0.6) is 0 Å². The van der Waals surface area contributed by atoms with Crippen LogP contribution in [-0.4, -0.2) is 60.9 Å². The Morgan fingerprint density at radius 2 is 2.32 bits per heavy atom. The van der Waals surface area contributed by atoms with Crippen LogP contribution in [0.1, 0.15) is 0 Å². The maximum atomic E-state index is 11.7. The van der Waals surface area contributed by atoms with Crippen LogP contribution in [0.2, 0.25) is 0 Å². The van der Waals surface area contributed by atoms with Crippen molar-refractivity contribution >= 4 is 11.7 Å². The first-order chi connectivity index (χ1) is 9.26. The van der Waals surface area contributed by atoms with Gasteiger partial charge in [-0.05, 0) is 12.1 Å². The molecule has 0 aliphatic carbocycles. The van der Waals surface area contributed by atoms with Gasteiger partial charge in [-0.3, -0.25) is 20.5 Å². The number of nitrogens with one attached hydrogen (secondary N) is 2. The summed E-state index contributed by atoms with van der Waals surface area (Å²) in [6.45, 7) is 1.73. The van der Waals surface area contributed by atoms with Gasteiger partial charge in [0.05, 0.1) is 19.8 Å². The average Bonchev–Trinajstić information content (AvgIpc) is 2.44. The van der Waals surface area contributed by atoms with Crippen LogP contribution in [0, 0.1) is 0 Å². The van der Waals surface area contributed by atoms with Crippen LogP contribution in [0.3, 0.4) is 0 Å². The van der Waals surface area contributed by atoms with Gasteiger partial charge in [-0.2, -0.15) is 0 Å². The highest BCUT2D eigenvalue weighted by atomic mass is 16.5. The zero-order valence-electron chi connectivity index (χ0n) is 11.0. The van der Waals surface area contributed by atoms with Crippen molar-refractivity contribution in [2.45, 2.75) is 0 Å². The Hall–Kier alpha value is -1.70. The second-order valence-electron chi connectivity index (χ2n) is 3.88. The molecule has 0 aliphatic heterocycles. The molecule has 1 amide bonds. The summed E-state index contributed by atoms with van der Waals surface area (Å²) in [5, 5.41) is 8.92. The summed E-state index contributed by atoms with van der Waals surface area (Å²) >= 11 is 0. The van der Waals surface area contributed by atoms with Crippen LogP contribution in [-0.2, 0) is 9.53 Å². The van der Waals surface area contributed by atoms with E-state index in [0.29, 0.717) is 25.5 Å². The number of anilines is 1. The standard InChI is InChI=1S/C12H20N4O3/c1-19-9-7-16(6-8-17)10-12(18)15-14-11-4-2-3-5-13-11/h2-5,17H,6-10H2,1H3,(H,13,14)(H,15,18). The van der Waals surface area contributed by atoms with E-state index >= 15 is 0 Å². The number of carbonyl (C=O) groups excluding carboxylic acids is 1. The van der Waals surface area contributed by atoms with E-state index < -0.39 is 0 Å². The smallest absolute Gasteiger partial charge is 0.252 e. The minimum absolute atomic E-state index is 0.00463. The summed E-state index contributed by atoms with van der Waals surface area (Å²) in [5.74, 6) is 0.372. The second-order valence-corrected chi connectivity index (χ2v) is 3.88. The van der Waals surface area contributed by atoms with Gasteiger partial charge in [0.1, 0.15) is 5.82 Å². The number of hydrogen-bond donors (Lipinski definition) is 3. The first-order valence-corrected chi connectivity index (χ1v) is 6.04. The molecule has 3 N–H and O–H groups in total. The van der Waals surface area contributed by atoms with Gasteiger partial charge in [-0.1, -0.05) is 6.07 Å². The van der Waals surface area contributed by atoms with E-state index in [4.69, 9.17) is 9.84 Å². The fourth-order valence-corrected chi connectivity index (χ4v) is 1.44. The zero-order valence-corrected chi connectivity index (χ0v) is 11.0. The maximum absolute atomic E-state index is 11.7. The number of methoxy groups -OCH3 is 1. The van der Waals surface area contributed by atoms with Gasteiger partial charge in [0.2, 0.25) is 0 Å². The molecule has 0 radical (unpaired) electrons. The minimum atomic E-state index is -0.199. The molecule has 0 atom stereocenters. The molecule has 0 bridgehead atoms. The largest absolute Gasteiger partial charge is 0.395 e. The fraction of sp³-hybridized carbons (Fsp3) is 0.500. The van der Waals surface area contributed by atoms with Crippen LogP contribution < -0.4 is 10.9 Å². The third kappa shape index (κ3) is 6.70. The summed E-state index contributed by atoms with van der Waals surface area (Å²) in [4.78, 5) is 17.5. The van der Waals surface area contributed by atoms with Crippen molar-refractivity contribution in [1.82, 2.24) is 15.3 Å². The first kappa shape index (κ1) is 15.4. The van der Waals surface area contributed by atoms with Crippen molar-refractivity contribution in [3.05, 3.63) is 24.4 Å². The predicted octanol–water partition coefficient (Wildman–Crippen LogP) is -0.535. The van der Waals surface area contributed by atoms with Gasteiger partial charge in [0.15, 0.2) is 0 Å². The Labute approximate surface area is 112 Å².